The molecule has 1 aliphatic heterocycles. The van der Waals surface area contributed by atoms with Crippen molar-refractivity contribution in [1.29, 1.82) is 0 Å². The Hall–Kier alpha value is -3.51. The van der Waals surface area contributed by atoms with Gasteiger partial charge in [-0.1, -0.05) is 86.2 Å². The summed E-state index contributed by atoms with van der Waals surface area (Å²) < 4.78 is 7.61. The maximum absolute atomic E-state index is 14.6. The molecule has 7 heteroatoms. The van der Waals surface area contributed by atoms with Crippen molar-refractivity contribution in [2.24, 2.45) is 0 Å². The van der Waals surface area contributed by atoms with Crippen molar-refractivity contribution in [3.8, 4) is 0 Å². The topological polar surface area (TPSA) is 67.5 Å². The van der Waals surface area contributed by atoms with E-state index in [9.17, 15) is 9.59 Å². The number of rotatable bonds is 5. The Labute approximate surface area is 227 Å². The van der Waals surface area contributed by atoms with E-state index >= 15 is 0 Å². The molecule has 1 atom stereocenters. The molecule has 0 radical (unpaired) electrons. The highest BCUT2D eigenvalue weighted by Gasteiger charge is 2.53. The van der Waals surface area contributed by atoms with Gasteiger partial charge >= 0.3 is 0 Å². The predicted molar refractivity (Wildman–Crippen MR) is 148 cm³/mol. The summed E-state index contributed by atoms with van der Waals surface area (Å²) in [5, 5.41) is 4.04. The Kier molecular flexibility index (Phi) is 6.75. The molecule has 196 valence electrons. The molecule has 2 aromatic heterocycles. The minimum absolute atomic E-state index is 0.0934. The number of nitrogens with one attached hydrogen (secondary N) is 1. The van der Waals surface area contributed by atoms with E-state index in [-0.39, 0.29) is 24.4 Å². The number of aromatic nitrogens is 1. The average molecular weight is 530 g/mol. The zero-order valence-electron chi connectivity index (χ0n) is 21.4. The molecule has 1 saturated carbocycles. The molecule has 0 unspecified atom stereocenters. The van der Waals surface area contributed by atoms with E-state index in [4.69, 9.17) is 16.0 Å². The van der Waals surface area contributed by atoms with Gasteiger partial charge in [-0.05, 0) is 36.1 Å². The van der Waals surface area contributed by atoms with Gasteiger partial charge in [-0.15, -0.1) is 0 Å². The average Bonchev–Trinajstić information content (AvgIpc) is 3.51. The van der Waals surface area contributed by atoms with Crippen LogP contribution in [0.5, 0.6) is 0 Å². The molecule has 2 amide bonds. The first-order chi connectivity index (χ1) is 18.6. The van der Waals surface area contributed by atoms with E-state index in [1.807, 2.05) is 65.2 Å². The van der Waals surface area contributed by atoms with Gasteiger partial charge in [-0.25, -0.2) is 0 Å². The summed E-state index contributed by atoms with van der Waals surface area (Å²) in [6.45, 7) is 0.572. The van der Waals surface area contributed by atoms with E-state index < -0.39 is 5.54 Å². The van der Waals surface area contributed by atoms with Gasteiger partial charge in [0.1, 0.15) is 5.69 Å². The maximum Gasteiger partial charge on any atom is 0.272 e. The molecule has 6 nitrogen and oxygen atoms in total. The van der Waals surface area contributed by atoms with Gasteiger partial charge in [-0.3, -0.25) is 9.59 Å². The zero-order chi connectivity index (χ0) is 26.1. The first-order valence-corrected chi connectivity index (χ1v) is 13.9. The van der Waals surface area contributed by atoms with Crippen molar-refractivity contribution in [1.82, 2.24) is 14.8 Å². The number of nitrogens with zero attached hydrogens (tertiary/aromatic N) is 2. The van der Waals surface area contributed by atoms with E-state index in [2.05, 4.69) is 5.32 Å². The number of benzene rings is 2. The molecule has 0 saturated heterocycles. The van der Waals surface area contributed by atoms with Gasteiger partial charge in [0.2, 0.25) is 0 Å². The fraction of sp³-hybridized carbons (Fsp3) is 0.355. The summed E-state index contributed by atoms with van der Waals surface area (Å²) in [6.07, 6.45) is 9.41. The number of fused-ring (bicyclic) bond motifs is 3. The van der Waals surface area contributed by atoms with Crippen molar-refractivity contribution >= 4 is 34.5 Å². The molecule has 2 aliphatic rings. The van der Waals surface area contributed by atoms with Crippen molar-refractivity contribution in [2.45, 2.75) is 69.6 Å². The first kappa shape index (κ1) is 24.8. The smallest absolute Gasteiger partial charge is 0.272 e. The largest absolute Gasteiger partial charge is 0.463 e. The number of hydrogen-bond acceptors (Lipinski definition) is 3. The molecular weight excluding hydrogens is 498 g/mol. The molecule has 0 bridgehead atoms. The van der Waals surface area contributed by atoms with Crippen LogP contribution in [-0.4, -0.2) is 27.3 Å². The lowest BCUT2D eigenvalue weighted by atomic mass is 9.83. The number of hydrogen-bond donors (Lipinski definition) is 1. The molecule has 6 rings (SSSR count). The number of halogens is 1. The van der Waals surface area contributed by atoms with Crippen LogP contribution in [0.1, 0.15) is 66.6 Å². The Morgan fingerprint density at radius 2 is 1.68 bits per heavy atom. The Morgan fingerprint density at radius 3 is 2.42 bits per heavy atom. The van der Waals surface area contributed by atoms with Crippen LogP contribution in [0.2, 0.25) is 5.02 Å². The third-order valence-corrected chi connectivity index (χ3v) is 8.41. The summed E-state index contributed by atoms with van der Waals surface area (Å²) in [5.74, 6) is -0.332. The molecule has 1 fully saturated rings. The minimum atomic E-state index is -1.24. The van der Waals surface area contributed by atoms with E-state index in [0.29, 0.717) is 22.8 Å². The van der Waals surface area contributed by atoms with Gasteiger partial charge in [0.25, 0.3) is 11.8 Å². The van der Waals surface area contributed by atoms with Crippen LogP contribution in [0.25, 0.3) is 11.1 Å². The Balaban J connectivity index is 1.49. The van der Waals surface area contributed by atoms with Gasteiger partial charge in [-0.2, -0.15) is 0 Å². The SMILES string of the molecule is O=C1c2cc3occc3n2C[C@](C(=O)NC2CCCCCCC2)(c2ccccc2)N1Cc1ccc(Cl)cc1. The molecule has 4 aromatic rings. The lowest BCUT2D eigenvalue weighted by Gasteiger charge is -2.47. The summed E-state index contributed by atoms with van der Waals surface area (Å²) in [4.78, 5) is 30.7. The van der Waals surface area contributed by atoms with Crippen LogP contribution in [0.4, 0.5) is 0 Å². The van der Waals surface area contributed by atoms with Crippen LogP contribution in [-0.2, 0) is 23.4 Å². The molecule has 2 aromatic carbocycles. The fourth-order valence-corrected chi connectivity index (χ4v) is 6.25. The highest BCUT2D eigenvalue weighted by Crippen LogP contribution is 2.40. The van der Waals surface area contributed by atoms with Crippen LogP contribution < -0.4 is 5.32 Å². The molecule has 1 aliphatic carbocycles. The van der Waals surface area contributed by atoms with Crippen molar-refractivity contribution in [3.63, 3.8) is 0 Å². The second-order valence-electron chi connectivity index (χ2n) is 10.5. The van der Waals surface area contributed by atoms with Gasteiger partial charge in [0.05, 0.1) is 18.3 Å². The van der Waals surface area contributed by atoms with Crippen LogP contribution in [0.3, 0.4) is 0 Å². The zero-order valence-corrected chi connectivity index (χ0v) is 22.1. The molecule has 0 spiro atoms. The highest BCUT2D eigenvalue weighted by atomic mass is 35.5. The number of amides is 2. The van der Waals surface area contributed by atoms with Crippen molar-refractivity contribution in [3.05, 3.63) is 94.8 Å². The number of furan rings is 1. The van der Waals surface area contributed by atoms with E-state index in [0.717, 1.165) is 42.3 Å². The van der Waals surface area contributed by atoms with Crippen molar-refractivity contribution < 1.29 is 14.0 Å². The molecule has 38 heavy (non-hydrogen) atoms. The van der Waals surface area contributed by atoms with Gasteiger partial charge in [0, 0.05) is 29.7 Å². The second-order valence-corrected chi connectivity index (χ2v) is 11.0. The monoisotopic (exact) mass is 529 g/mol. The molecule has 3 heterocycles. The van der Waals surface area contributed by atoms with Crippen LogP contribution in [0, 0.1) is 0 Å². The summed E-state index contributed by atoms with van der Waals surface area (Å²) >= 11 is 6.16. The van der Waals surface area contributed by atoms with Gasteiger partial charge in [0.15, 0.2) is 11.1 Å². The highest BCUT2D eigenvalue weighted by molar-refractivity contribution is 6.30. The fourth-order valence-electron chi connectivity index (χ4n) is 6.12. The van der Waals surface area contributed by atoms with Crippen molar-refractivity contribution in [2.75, 3.05) is 0 Å². The van der Waals surface area contributed by atoms with E-state index in [1.165, 1.54) is 19.3 Å². The minimum Gasteiger partial charge on any atom is -0.463 e. The van der Waals surface area contributed by atoms with Gasteiger partial charge < -0.3 is 19.2 Å². The number of carbonyl (C=O) groups excluding carboxylic acids is 2. The normalized spacial score (nSPS) is 20.7. The summed E-state index contributed by atoms with van der Waals surface area (Å²) in [5.41, 5.74) is 2.45. The van der Waals surface area contributed by atoms with Crippen LogP contribution >= 0.6 is 11.6 Å². The quantitative estimate of drug-likeness (QED) is 0.314. The first-order valence-electron chi connectivity index (χ1n) is 13.6. The maximum atomic E-state index is 14.6. The van der Waals surface area contributed by atoms with E-state index in [1.54, 1.807) is 17.2 Å². The number of carbonyl (C=O) groups is 2. The standard InChI is InChI=1S/C31H32ClN3O3/c32-24-15-13-22(14-16-24)20-35-29(36)27-19-28-26(17-18-38-28)34(27)21-31(35,23-9-5-4-6-10-23)30(37)33-25-11-7-2-1-3-8-12-25/h4-6,9-10,13-19,25H,1-3,7-8,11-12,20-21H2,(H,33,37)/t31-/m1/s1. The van der Waals surface area contributed by atoms with Crippen LogP contribution in [0.15, 0.2) is 77.4 Å². The summed E-state index contributed by atoms with van der Waals surface area (Å²) in [6, 6.07) is 20.9. The molecule has 1 N–H and O–H groups in total. The third kappa shape index (κ3) is 4.41. The lowest BCUT2D eigenvalue weighted by Crippen LogP contribution is -2.64. The Morgan fingerprint density at radius 1 is 0.974 bits per heavy atom. The summed E-state index contributed by atoms with van der Waals surface area (Å²) in [7, 11) is 0. The third-order valence-electron chi connectivity index (χ3n) is 8.16. The lowest BCUT2D eigenvalue weighted by molar-refractivity contribution is -0.136. The second kappa shape index (κ2) is 10.3. The Bertz CT molecular complexity index is 1430. The predicted octanol–water partition coefficient (Wildman–Crippen LogP) is 6.67. The molecular formula is C31H32ClN3O3.